The van der Waals surface area contributed by atoms with Crippen LogP contribution in [0.25, 0.3) is 5.82 Å². The van der Waals surface area contributed by atoms with Crippen molar-refractivity contribution < 1.29 is 4.79 Å². The second-order valence-electron chi connectivity index (χ2n) is 5.61. The van der Waals surface area contributed by atoms with Gasteiger partial charge in [0.25, 0.3) is 5.91 Å². The number of nitrogens with two attached hydrogens (primary N) is 1. The summed E-state index contributed by atoms with van der Waals surface area (Å²) in [4.78, 5) is 18.9. The molecule has 1 fully saturated rings. The van der Waals surface area contributed by atoms with Gasteiger partial charge in [0.2, 0.25) is 0 Å². The number of carbonyl (C=O) groups excluding carboxylic acids is 1. The second kappa shape index (κ2) is 7.81. The van der Waals surface area contributed by atoms with Gasteiger partial charge in [-0.15, -0.1) is 24.8 Å². The van der Waals surface area contributed by atoms with Crippen molar-refractivity contribution in [3.63, 3.8) is 0 Å². The summed E-state index contributed by atoms with van der Waals surface area (Å²) in [6, 6.07) is 7.82. The highest BCUT2D eigenvalue weighted by Gasteiger charge is 2.27. The first kappa shape index (κ1) is 19.5. The number of nitrogens with zero attached hydrogens (tertiary/aromatic N) is 3. The van der Waals surface area contributed by atoms with Gasteiger partial charge in [0.15, 0.2) is 0 Å². The van der Waals surface area contributed by atoms with E-state index in [2.05, 4.69) is 4.98 Å². The average molecular weight is 357 g/mol. The average Bonchev–Trinajstić information content (AvgIpc) is 3.03. The molecule has 2 N–H and O–H groups in total. The van der Waals surface area contributed by atoms with Gasteiger partial charge < -0.3 is 15.2 Å². The molecule has 1 amide bonds. The van der Waals surface area contributed by atoms with Crippen LogP contribution in [0.15, 0.2) is 30.5 Å². The fourth-order valence-electron chi connectivity index (χ4n) is 2.96. The molecule has 23 heavy (non-hydrogen) atoms. The molecule has 1 atom stereocenters. The van der Waals surface area contributed by atoms with Gasteiger partial charge in [-0.3, -0.25) is 4.79 Å². The van der Waals surface area contributed by atoms with Gasteiger partial charge in [0, 0.05) is 36.7 Å². The largest absolute Gasteiger partial charge is 0.337 e. The molecule has 1 saturated heterocycles. The topological polar surface area (TPSA) is 64.2 Å². The van der Waals surface area contributed by atoms with Crippen LogP contribution in [0.4, 0.5) is 0 Å². The van der Waals surface area contributed by atoms with Crippen molar-refractivity contribution in [3.8, 4) is 5.82 Å². The lowest BCUT2D eigenvalue weighted by Gasteiger charge is -2.16. The van der Waals surface area contributed by atoms with Crippen LogP contribution < -0.4 is 5.73 Å². The Kier molecular flexibility index (Phi) is 6.62. The molecule has 0 radical (unpaired) electrons. The molecule has 1 aliphatic rings. The first-order valence-electron chi connectivity index (χ1n) is 7.23. The van der Waals surface area contributed by atoms with Crippen molar-refractivity contribution in [2.75, 3.05) is 13.1 Å². The highest BCUT2D eigenvalue weighted by molar-refractivity contribution is 5.96. The Morgan fingerprint density at radius 2 is 2.04 bits per heavy atom. The van der Waals surface area contributed by atoms with E-state index < -0.39 is 0 Å². The maximum absolute atomic E-state index is 12.6. The number of aryl methyl sites for hydroxylation is 1. The molecule has 126 valence electrons. The summed E-state index contributed by atoms with van der Waals surface area (Å²) in [6.07, 6.45) is 2.64. The monoisotopic (exact) mass is 356 g/mol. The summed E-state index contributed by atoms with van der Waals surface area (Å²) in [7, 11) is 0. The van der Waals surface area contributed by atoms with Crippen LogP contribution in [0.5, 0.6) is 0 Å². The molecule has 0 aliphatic carbocycles. The van der Waals surface area contributed by atoms with Gasteiger partial charge in [-0.05, 0) is 38.5 Å². The number of amides is 1. The number of likely N-dealkylation sites (tertiary alicyclic amines) is 1. The minimum atomic E-state index is 0. The number of hydrogen-bond acceptors (Lipinski definition) is 3. The van der Waals surface area contributed by atoms with Gasteiger partial charge in [-0.25, -0.2) is 4.98 Å². The third-order valence-electron chi connectivity index (χ3n) is 4.05. The summed E-state index contributed by atoms with van der Waals surface area (Å²) in [5.74, 6) is 0.905. The molecular formula is C16H22Cl2N4O. The molecular weight excluding hydrogens is 335 g/mol. The van der Waals surface area contributed by atoms with Gasteiger partial charge in [-0.2, -0.15) is 0 Å². The Morgan fingerprint density at radius 3 is 2.61 bits per heavy atom. The zero-order valence-electron chi connectivity index (χ0n) is 13.2. The molecule has 0 aromatic carbocycles. The number of aromatic nitrogens is 2. The lowest BCUT2D eigenvalue weighted by molar-refractivity contribution is 0.0790. The molecule has 5 nitrogen and oxygen atoms in total. The van der Waals surface area contributed by atoms with Gasteiger partial charge in [0.1, 0.15) is 5.82 Å². The minimum Gasteiger partial charge on any atom is -0.337 e. The standard InChI is InChI=1S/C16H20N4O.2ClH/c1-11-9-14(16(21)19-8-6-13(17)10-19)12(2)20(11)15-5-3-4-7-18-15;;/h3-5,7,9,13H,6,8,10,17H2,1-2H3;2*1H/t13-;;/m1../s1. The minimum absolute atomic E-state index is 0. The fourth-order valence-corrected chi connectivity index (χ4v) is 2.96. The maximum Gasteiger partial charge on any atom is 0.255 e. The van der Waals surface area contributed by atoms with Crippen LogP contribution in [0, 0.1) is 13.8 Å². The Hall–Kier alpha value is -1.56. The number of pyridine rings is 1. The Balaban J connectivity index is 0.00000132. The van der Waals surface area contributed by atoms with E-state index in [0.29, 0.717) is 6.54 Å². The zero-order chi connectivity index (χ0) is 15.0. The molecule has 7 heteroatoms. The first-order valence-corrected chi connectivity index (χ1v) is 7.23. The fraction of sp³-hybridized carbons (Fsp3) is 0.375. The summed E-state index contributed by atoms with van der Waals surface area (Å²) in [5.41, 5.74) is 8.58. The van der Waals surface area contributed by atoms with Crippen LogP contribution in [0.3, 0.4) is 0 Å². The molecule has 3 rings (SSSR count). The van der Waals surface area contributed by atoms with Crippen molar-refractivity contribution in [1.29, 1.82) is 0 Å². The third kappa shape index (κ3) is 3.68. The molecule has 0 unspecified atom stereocenters. The Bertz CT molecular complexity index is 672. The zero-order valence-corrected chi connectivity index (χ0v) is 14.9. The highest BCUT2D eigenvalue weighted by Crippen LogP contribution is 2.22. The van der Waals surface area contributed by atoms with Crippen LogP contribution in [0.1, 0.15) is 28.2 Å². The van der Waals surface area contributed by atoms with Crippen molar-refractivity contribution in [2.45, 2.75) is 26.3 Å². The number of carbonyl (C=O) groups is 1. The van der Waals surface area contributed by atoms with Crippen LogP contribution in [-0.4, -0.2) is 39.5 Å². The highest BCUT2D eigenvalue weighted by atomic mass is 35.5. The quantitative estimate of drug-likeness (QED) is 0.898. The van der Waals surface area contributed by atoms with Gasteiger partial charge >= 0.3 is 0 Å². The van der Waals surface area contributed by atoms with E-state index in [1.807, 2.05) is 47.6 Å². The maximum atomic E-state index is 12.6. The van der Waals surface area contributed by atoms with E-state index in [1.54, 1.807) is 6.20 Å². The SMILES string of the molecule is Cc1cc(C(=O)N2CC[C@@H](N)C2)c(C)n1-c1ccccn1.Cl.Cl. The Morgan fingerprint density at radius 1 is 1.30 bits per heavy atom. The van der Waals surface area contributed by atoms with E-state index >= 15 is 0 Å². The van der Waals surface area contributed by atoms with Crippen molar-refractivity contribution in [2.24, 2.45) is 5.73 Å². The van der Waals surface area contributed by atoms with Crippen molar-refractivity contribution >= 4 is 30.7 Å². The normalized spacial score (nSPS) is 16.7. The predicted molar refractivity (Wildman–Crippen MR) is 96.0 cm³/mol. The van der Waals surface area contributed by atoms with Gasteiger partial charge in [0.05, 0.1) is 5.56 Å². The van der Waals surface area contributed by atoms with E-state index in [-0.39, 0.29) is 36.8 Å². The lowest BCUT2D eigenvalue weighted by atomic mass is 10.2. The van der Waals surface area contributed by atoms with E-state index in [9.17, 15) is 4.79 Å². The molecule has 1 aliphatic heterocycles. The second-order valence-corrected chi connectivity index (χ2v) is 5.61. The molecule has 2 aromatic heterocycles. The molecule has 3 heterocycles. The summed E-state index contributed by atoms with van der Waals surface area (Å²) in [5, 5.41) is 0. The molecule has 0 bridgehead atoms. The van der Waals surface area contributed by atoms with E-state index in [0.717, 1.165) is 35.7 Å². The smallest absolute Gasteiger partial charge is 0.255 e. The van der Waals surface area contributed by atoms with Crippen molar-refractivity contribution in [3.05, 3.63) is 47.4 Å². The summed E-state index contributed by atoms with van der Waals surface area (Å²) >= 11 is 0. The van der Waals surface area contributed by atoms with E-state index in [4.69, 9.17) is 5.73 Å². The molecule has 0 saturated carbocycles. The number of rotatable bonds is 2. The molecule has 0 spiro atoms. The lowest BCUT2D eigenvalue weighted by Crippen LogP contribution is -2.32. The Labute approximate surface area is 148 Å². The number of halogens is 2. The van der Waals surface area contributed by atoms with Crippen LogP contribution in [0.2, 0.25) is 0 Å². The third-order valence-corrected chi connectivity index (χ3v) is 4.05. The van der Waals surface area contributed by atoms with Gasteiger partial charge in [-0.1, -0.05) is 6.07 Å². The summed E-state index contributed by atoms with van der Waals surface area (Å²) < 4.78 is 2.02. The summed E-state index contributed by atoms with van der Waals surface area (Å²) in [6.45, 7) is 5.35. The first-order chi connectivity index (χ1) is 10.1. The molecule has 2 aromatic rings. The van der Waals surface area contributed by atoms with Crippen LogP contribution >= 0.6 is 24.8 Å². The van der Waals surface area contributed by atoms with E-state index in [1.165, 1.54) is 0 Å². The predicted octanol–water partition coefficient (Wildman–Crippen LogP) is 2.51. The number of hydrogen-bond donors (Lipinski definition) is 1. The van der Waals surface area contributed by atoms with Crippen LogP contribution in [-0.2, 0) is 0 Å². The van der Waals surface area contributed by atoms with Crippen molar-refractivity contribution in [1.82, 2.24) is 14.5 Å².